The molecule has 0 aliphatic heterocycles. The summed E-state index contributed by atoms with van der Waals surface area (Å²) in [5, 5.41) is 0.716. The number of nitrogens with zero attached hydrogens (tertiary/aromatic N) is 1. The summed E-state index contributed by atoms with van der Waals surface area (Å²) in [6.45, 7) is 4.17. The van der Waals surface area contributed by atoms with Crippen LogP contribution in [0.25, 0.3) is 0 Å². The van der Waals surface area contributed by atoms with E-state index in [9.17, 15) is 4.79 Å². The highest BCUT2D eigenvalue weighted by Gasteiger charge is 2.12. The molecule has 1 aromatic heterocycles. The van der Waals surface area contributed by atoms with Crippen molar-refractivity contribution in [3.8, 4) is 0 Å². The van der Waals surface area contributed by atoms with E-state index in [4.69, 9.17) is 23.8 Å². The summed E-state index contributed by atoms with van der Waals surface area (Å²) in [6.07, 6.45) is 0. The van der Waals surface area contributed by atoms with Crippen LogP contribution in [0.1, 0.15) is 27.9 Å². The van der Waals surface area contributed by atoms with Crippen LogP contribution in [0.3, 0.4) is 0 Å². The van der Waals surface area contributed by atoms with Crippen molar-refractivity contribution in [1.82, 2.24) is 4.57 Å². The van der Waals surface area contributed by atoms with Crippen molar-refractivity contribution < 1.29 is 4.79 Å². The summed E-state index contributed by atoms with van der Waals surface area (Å²) >= 11 is 12.5. The average molecular weight is 298 g/mol. The monoisotopic (exact) mass is 297 g/mol. The van der Waals surface area contributed by atoms with Gasteiger partial charge in [0.2, 0.25) is 0 Å². The Morgan fingerprint density at radius 3 is 2.50 bits per heavy atom. The quantitative estimate of drug-likeness (QED) is 0.615. The number of hydrogen-bond acceptors (Lipinski definition) is 3. The fourth-order valence-corrected chi connectivity index (χ4v) is 3.22. The van der Waals surface area contributed by atoms with Gasteiger partial charge < -0.3 is 4.57 Å². The van der Waals surface area contributed by atoms with Crippen LogP contribution in [-0.2, 0) is 6.54 Å². The van der Waals surface area contributed by atoms with Crippen molar-refractivity contribution >= 4 is 40.9 Å². The lowest BCUT2D eigenvalue weighted by atomic mass is 10.2. The fourth-order valence-electron chi connectivity index (χ4n) is 1.76. The minimum Gasteiger partial charge on any atom is -0.322 e. The van der Waals surface area contributed by atoms with Crippen LogP contribution >= 0.6 is 35.2 Å². The molecule has 18 heavy (non-hydrogen) atoms. The van der Waals surface area contributed by atoms with Crippen molar-refractivity contribution in [2.75, 3.05) is 0 Å². The molecule has 2 nitrogen and oxygen atoms in total. The van der Waals surface area contributed by atoms with Gasteiger partial charge in [0.05, 0.1) is 4.88 Å². The van der Waals surface area contributed by atoms with Crippen molar-refractivity contribution in [2.24, 2.45) is 0 Å². The van der Waals surface area contributed by atoms with Crippen LogP contribution in [0.5, 0.6) is 0 Å². The molecule has 0 N–H and O–H groups in total. The van der Waals surface area contributed by atoms with E-state index in [1.54, 1.807) is 6.92 Å². The van der Waals surface area contributed by atoms with Crippen LogP contribution < -0.4 is 0 Å². The molecule has 0 aliphatic rings. The van der Waals surface area contributed by atoms with Gasteiger partial charge in [0.25, 0.3) is 0 Å². The lowest BCUT2D eigenvalue weighted by Crippen LogP contribution is -2.03. The second kappa shape index (κ2) is 5.34. The van der Waals surface area contributed by atoms with Crippen LogP contribution in [-0.4, -0.2) is 10.4 Å². The summed E-state index contributed by atoms with van der Waals surface area (Å²) in [4.78, 5) is 12.2. The molecule has 1 heterocycles. The van der Waals surface area contributed by atoms with Crippen LogP contribution in [0.15, 0.2) is 24.3 Å². The topological polar surface area (TPSA) is 22.0 Å². The van der Waals surface area contributed by atoms with Gasteiger partial charge >= 0.3 is 0 Å². The summed E-state index contributed by atoms with van der Waals surface area (Å²) in [5.41, 5.74) is 2.05. The molecule has 1 aromatic carbocycles. The maximum atomic E-state index is 11.5. The van der Waals surface area contributed by atoms with E-state index in [1.807, 2.05) is 35.8 Å². The molecule has 0 aliphatic carbocycles. The van der Waals surface area contributed by atoms with Gasteiger partial charge in [-0.3, -0.25) is 4.79 Å². The van der Waals surface area contributed by atoms with Gasteiger partial charge in [-0.05, 0) is 36.8 Å². The Labute approximate surface area is 120 Å². The molecule has 0 atom stereocenters. The molecule has 0 radical (unpaired) electrons. The van der Waals surface area contributed by atoms with Gasteiger partial charge in [-0.2, -0.15) is 0 Å². The first-order valence-electron chi connectivity index (χ1n) is 5.44. The molecule has 0 bridgehead atoms. The SMILES string of the molecule is CC(=O)c1sc(=S)n(Cc2ccc(Cl)cc2)c1C. The molecule has 0 saturated heterocycles. The Balaban J connectivity index is 2.38. The number of rotatable bonds is 3. The van der Waals surface area contributed by atoms with E-state index in [1.165, 1.54) is 11.3 Å². The highest BCUT2D eigenvalue weighted by atomic mass is 35.5. The number of benzene rings is 1. The second-order valence-electron chi connectivity index (χ2n) is 4.05. The van der Waals surface area contributed by atoms with Gasteiger partial charge in [0, 0.05) is 24.2 Å². The van der Waals surface area contributed by atoms with Gasteiger partial charge in [-0.1, -0.05) is 23.7 Å². The van der Waals surface area contributed by atoms with Gasteiger partial charge in [0.15, 0.2) is 9.74 Å². The molecule has 94 valence electrons. The maximum absolute atomic E-state index is 11.5. The minimum absolute atomic E-state index is 0.0680. The third-order valence-corrected chi connectivity index (χ3v) is 4.62. The normalized spacial score (nSPS) is 10.6. The largest absolute Gasteiger partial charge is 0.322 e. The predicted octanol–water partition coefficient (Wildman–Crippen LogP) is 4.49. The highest BCUT2D eigenvalue weighted by molar-refractivity contribution is 7.73. The Bertz CT molecular complexity index is 640. The van der Waals surface area contributed by atoms with E-state index in [-0.39, 0.29) is 5.78 Å². The Kier molecular flexibility index (Phi) is 4.00. The fraction of sp³-hybridized carbons (Fsp3) is 0.231. The zero-order valence-corrected chi connectivity index (χ0v) is 12.5. The number of ketones is 1. The second-order valence-corrected chi connectivity index (χ2v) is 6.13. The first-order valence-corrected chi connectivity index (χ1v) is 7.05. The van der Waals surface area contributed by atoms with Crippen LogP contribution in [0.4, 0.5) is 0 Å². The third-order valence-electron chi connectivity index (χ3n) is 2.72. The van der Waals surface area contributed by atoms with Crippen molar-refractivity contribution in [3.05, 3.63) is 49.4 Å². The zero-order chi connectivity index (χ0) is 13.3. The van der Waals surface area contributed by atoms with Gasteiger partial charge in [-0.15, -0.1) is 11.3 Å². The van der Waals surface area contributed by atoms with Crippen LogP contribution in [0, 0.1) is 10.9 Å². The number of hydrogen-bond donors (Lipinski definition) is 0. The van der Waals surface area contributed by atoms with Crippen molar-refractivity contribution in [2.45, 2.75) is 20.4 Å². The average Bonchev–Trinajstić information content (AvgIpc) is 2.60. The summed E-state index contributed by atoms with van der Waals surface area (Å²) in [7, 11) is 0. The number of Topliss-reactive ketones (excluding diaryl/α,β-unsaturated/α-hetero) is 1. The standard InChI is InChI=1S/C13H12ClNOS2/c1-8-12(9(2)16)18-13(17)15(8)7-10-3-5-11(14)6-4-10/h3-6H,7H2,1-2H3. The molecular formula is C13H12ClNOS2. The Morgan fingerprint density at radius 2 is 2.00 bits per heavy atom. The number of thiazole rings is 1. The van der Waals surface area contributed by atoms with E-state index < -0.39 is 0 Å². The van der Waals surface area contributed by atoms with Crippen molar-refractivity contribution in [3.63, 3.8) is 0 Å². The Hall–Kier alpha value is -0.970. The first-order chi connectivity index (χ1) is 8.49. The lowest BCUT2D eigenvalue weighted by Gasteiger charge is -2.06. The molecule has 0 amide bonds. The van der Waals surface area contributed by atoms with E-state index in [0.29, 0.717) is 11.6 Å². The molecule has 5 heteroatoms. The molecule has 0 spiro atoms. The molecular weight excluding hydrogens is 286 g/mol. The number of carbonyl (C=O) groups is 1. The number of halogens is 1. The van der Waals surface area contributed by atoms with E-state index in [0.717, 1.165) is 20.1 Å². The summed E-state index contributed by atoms with van der Waals surface area (Å²) in [6, 6.07) is 7.64. The lowest BCUT2D eigenvalue weighted by molar-refractivity contribution is 0.102. The van der Waals surface area contributed by atoms with Gasteiger partial charge in [0.1, 0.15) is 0 Å². The molecule has 0 saturated carbocycles. The highest BCUT2D eigenvalue weighted by Crippen LogP contribution is 2.21. The number of aromatic nitrogens is 1. The first kappa shape index (κ1) is 13.5. The minimum atomic E-state index is 0.0680. The van der Waals surface area contributed by atoms with Gasteiger partial charge in [-0.25, -0.2) is 0 Å². The number of carbonyl (C=O) groups excluding carboxylic acids is 1. The molecule has 2 rings (SSSR count). The van der Waals surface area contributed by atoms with Crippen molar-refractivity contribution in [1.29, 1.82) is 0 Å². The summed E-state index contributed by atoms with van der Waals surface area (Å²) < 4.78 is 2.72. The van der Waals surface area contributed by atoms with E-state index >= 15 is 0 Å². The van der Waals surface area contributed by atoms with E-state index in [2.05, 4.69) is 0 Å². The zero-order valence-electron chi connectivity index (χ0n) is 10.1. The Morgan fingerprint density at radius 1 is 1.39 bits per heavy atom. The smallest absolute Gasteiger partial charge is 0.171 e. The maximum Gasteiger partial charge on any atom is 0.171 e. The van der Waals surface area contributed by atoms with Crippen LogP contribution in [0.2, 0.25) is 5.02 Å². The third kappa shape index (κ3) is 2.71. The molecule has 0 unspecified atom stereocenters. The molecule has 2 aromatic rings. The molecule has 0 fully saturated rings. The predicted molar refractivity (Wildman–Crippen MR) is 78.4 cm³/mol. The summed E-state index contributed by atoms with van der Waals surface area (Å²) in [5.74, 6) is 0.0680.